The fourth-order valence-corrected chi connectivity index (χ4v) is 10.0. The molecule has 0 aliphatic rings. The number of hydrogen-bond donors (Lipinski definition) is 0. The Labute approximate surface area is 370 Å². The third-order valence-electron chi connectivity index (χ3n) is 13.0. The topological polar surface area (TPSA) is 38.7 Å². The fraction of sp³-hybridized carbons (Fsp3) is 0. The highest BCUT2D eigenvalue weighted by atomic mass is 15.0. The zero-order valence-electron chi connectivity index (χ0n) is 34.7. The second kappa shape index (κ2) is 14.5. The van der Waals surface area contributed by atoms with Crippen molar-refractivity contribution in [3.63, 3.8) is 0 Å². The lowest BCUT2D eigenvalue weighted by Gasteiger charge is -2.17. The normalized spacial score (nSPS) is 11.8. The third kappa shape index (κ3) is 5.86. The van der Waals surface area contributed by atoms with Crippen molar-refractivity contribution < 1.29 is 0 Å². The van der Waals surface area contributed by atoms with Crippen LogP contribution in [-0.4, -0.2) is 15.0 Å². The minimum Gasteiger partial charge on any atom is -0.208 e. The van der Waals surface area contributed by atoms with Crippen molar-refractivity contribution in [1.82, 2.24) is 15.0 Å². The fourth-order valence-electron chi connectivity index (χ4n) is 10.0. The van der Waals surface area contributed by atoms with Crippen molar-refractivity contribution in [3.8, 4) is 67.5 Å². The van der Waals surface area contributed by atoms with Gasteiger partial charge in [-0.15, -0.1) is 0 Å². The summed E-state index contributed by atoms with van der Waals surface area (Å²) in [6, 6.07) is 80.7. The van der Waals surface area contributed by atoms with Gasteiger partial charge in [-0.2, -0.15) is 0 Å². The Morgan fingerprint density at radius 1 is 0.203 bits per heavy atom. The molecule has 0 aliphatic carbocycles. The van der Waals surface area contributed by atoms with Gasteiger partial charge >= 0.3 is 0 Å². The van der Waals surface area contributed by atoms with E-state index in [-0.39, 0.29) is 0 Å². The molecule has 0 N–H and O–H groups in total. The van der Waals surface area contributed by atoms with Crippen LogP contribution in [0.5, 0.6) is 0 Å². The second-order valence-corrected chi connectivity index (χ2v) is 16.7. The highest BCUT2D eigenvalue weighted by molar-refractivity contribution is 6.37. The molecule has 3 heteroatoms. The van der Waals surface area contributed by atoms with E-state index in [2.05, 4.69) is 194 Å². The molecule has 0 radical (unpaired) electrons. The first-order valence-electron chi connectivity index (χ1n) is 21.8. The van der Waals surface area contributed by atoms with Gasteiger partial charge in [-0.3, -0.25) is 0 Å². The number of hydrogen-bond acceptors (Lipinski definition) is 3. The molecular weight excluding hydrogens is 775 g/mol. The number of benzene rings is 11. The van der Waals surface area contributed by atoms with Gasteiger partial charge in [0.2, 0.25) is 0 Å². The minimum atomic E-state index is 0.631. The van der Waals surface area contributed by atoms with Gasteiger partial charge in [0.15, 0.2) is 17.5 Å². The molecule has 13 aromatic rings. The average Bonchev–Trinajstić information content (AvgIpc) is 3.37. The van der Waals surface area contributed by atoms with Crippen LogP contribution in [0.25, 0.3) is 132 Å². The summed E-state index contributed by atoms with van der Waals surface area (Å²) in [7, 11) is 0. The van der Waals surface area contributed by atoms with Crippen molar-refractivity contribution in [3.05, 3.63) is 224 Å². The summed E-state index contributed by atoms with van der Waals surface area (Å²) in [4.78, 5) is 15.3. The first-order valence-corrected chi connectivity index (χ1v) is 21.8. The third-order valence-corrected chi connectivity index (χ3v) is 13.0. The largest absolute Gasteiger partial charge is 0.208 e. The predicted molar refractivity (Wildman–Crippen MR) is 269 cm³/mol. The Bertz CT molecular complexity index is 3930. The minimum absolute atomic E-state index is 0.631. The van der Waals surface area contributed by atoms with Crippen LogP contribution in [0.4, 0.5) is 0 Å². The molecule has 1 heterocycles. The van der Waals surface area contributed by atoms with Gasteiger partial charge in [0.05, 0.1) is 0 Å². The molecular formula is C61H37N3. The van der Waals surface area contributed by atoms with Crippen LogP contribution in [0.2, 0.25) is 0 Å². The summed E-state index contributed by atoms with van der Waals surface area (Å²) < 4.78 is 0. The molecule has 3 nitrogen and oxygen atoms in total. The Hall–Kier alpha value is -8.53. The van der Waals surface area contributed by atoms with E-state index >= 15 is 0 Å². The van der Waals surface area contributed by atoms with Crippen molar-refractivity contribution in [2.24, 2.45) is 0 Å². The van der Waals surface area contributed by atoms with Crippen molar-refractivity contribution in [2.75, 3.05) is 0 Å². The first kappa shape index (κ1) is 36.2. The number of rotatable bonds is 6. The highest BCUT2D eigenvalue weighted by Crippen LogP contribution is 2.44. The van der Waals surface area contributed by atoms with Crippen molar-refractivity contribution >= 4 is 64.6 Å². The summed E-state index contributed by atoms with van der Waals surface area (Å²) in [5.41, 5.74) is 9.60. The van der Waals surface area contributed by atoms with E-state index in [4.69, 9.17) is 15.0 Å². The molecule has 1 aromatic heterocycles. The van der Waals surface area contributed by atoms with Crippen LogP contribution >= 0.6 is 0 Å². The smallest absolute Gasteiger partial charge is 0.164 e. The van der Waals surface area contributed by atoms with E-state index in [1.54, 1.807) is 0 Å². The Balaban J connectivity index is 0.939. The monoisotopic (exact) mass is 811 g/mol. The molecule has 0 unspecified atom stereocenters. The van der Waals surface area contributed by atoms with Crippen LogP contribution in [0, 0.1) is 0 Å². The molecule has 0 saturated heterocycles. The van der Waals surface area contributed by atoms with Crippen molar-refractivity contribution in [1.29, 1.82) is 0 Å². The molecule has 12 aromatic carbocycles. The summed E-state index contributed by atoms with van der Waals surface area (Å²) in [6.45, 7) is 0. The number of nitrogens with zero attached hydrogens (tertiary/aromatic N) is 3. The van der Waals surface area contributed by atoms with Gasteiger partial charge in [-0.1, -0.05) is 206 Å². The molecule has 0 bridgehead atoms. The quantitative estimate of drug-likeness (QED) is 0.157. The zero-order valence-corrected chi connectivity index (χ0v) is 34.7. The lowest BCUT2D eigenvalue weighted by Crippen LogP contribution is -2.01. The van der Waals surface area contributed by atoms with Gasteiger partial charge in [-0.25, -0.2) is 15.0 Å². The molecule has 0 spiro atoms. The summed E-state index contributed by atoms with van der Waals surface area (Å²) >= 11 is 0. The van der Waals surface area contributed by atoms with Gasteiger partial charge < -0.3 is 0 Å². The molecule has 0 aliphatic heterocycles. The Morgan fingerprint density at radius 2 is 0.641 bits per heavy atom. The van der Waals surface area contributed by atoms with E-state index in [1.807, 2.05) is 30.3 Å². The molecule has 0 saturated carbocycles. The van der Waals surface area contributed by atoms with Gasteiger partial charge in [-0.05, 0) is 116 Å². The standard InChI is InChI=1S/C61H37N3/c1-3-13-40(14-4-1)49-22-7-8-23-53(49)61-63-59(44-15-5-2-6-16-44)62-60(64-61)47-21-9-20-45(35-47)38-27-29-39(30-28-38)48-36-46-34-33-43-18-11-25-51-50-24-10-17-41-31-32-42-19-12-26-52(57(42)55(41)50)54(37-48)58(46)56(43)51/h1-37H. The predicted octanol–water partition coefficient (Wildman–Crippen LogP) is 16.2. The number of aromatic nitrogens is 3. The van der Waals surface area contributed by atoms with Crippen LogP contribution < -0.4 is 0 Å². The van der Waals surface area contributed by atoms with Crippen LogP contribution in [0.15, 0.2) is 224 Å². The zero-order chi connectivity index (χ0) is 42.1. The van der Waals surface area contributed by atoms with Gasteiger partial charge in [0.1, 0.15) is 0 Å². The van der Waals surface area contributed by atoms with E-state index < -0.39 is 0 Å². The summed E-state index contributed by atoms with van der Waals surface area (Å²) in [6.07, 6.45) is 0. The summed E-state index contributed by atoms with van der Waals surface area (Å²) in [5, 5.41) is 15.4. The molecule has 0 amide bonds. The Kier molecular flexibility index (Phi) is 8.22. The van der Waals surface area contributed by atoms with Crippen LogP contribution in [0.1, 0.15) is 0 Å². The van der Waals surface area contributed by atoms with E-state index in [1.165, 1.54) is 75.8 Å². The Morgan fingerprint density at radius 3 is 1.27 bits per heavy atom. The second-order valence-electron chi connectivity index (χ2n) is 16.7. The van der Waals surface area contributed by atoms with Crippen molar-refractivity contribution in [2.45, 2.75) is 0 Å². The molecule has 0 fully saturated rings. The maximum atomic E-state index is 5.17. The SMILES string of the molecule is c1ccc(-c2nc(-c3cccc(-c4ccc(-c5cc6ccc7cccc8c9cccc%10ccc%11cccc(c(c5)c6c78)c%11c%109)cc4)c3)nc(-c3ccccc3-c3ccccc3)n2)cc1. The van der Waals surface area contributed by atoms with Crippen LogP contribution in [0.3, 0.4) is 0 Å². The molecule has 296 valence electrons. The summed E-state index contributed by atoms with van der Waals surface area (Å²) in [5.74, 6) is 1.91. The first-order chi connectivity index (χ1) is 31.7. The van der Waals surface area contributed by atoms with E-state index in [0.29, 0.717) is 17.5 Å². The molecule has 0 atom stereocenters. The average molecular weight is 812 g/mol. The number of fused-ring (bicyclic) bond motifs is 2. The van der Waals surface area contributed by atoms with Crippen LogP contribution in [-0.2, 0) is 0 Å². The molecule has 64 heavy (non-hydrogen) atoms. The van der Waals surface area contributed by atoms with E-state index in [0.717, 1.165) is 38.9 Å². The van der Waals surface area contributed by atoms with Gasteiger partial charge in [0, 0.05) is 16.7 Å². The van der Waals surface area contributed by atoms with E-state index in [9.17, 15) is 0 Å². The lowest BCUT2D eigenvalue weighted by atomic mass is 9.86. The molecule has 13 rings (SSSR count). The maximum absolute atomic E-state index is 5.17. The lowest BCUT2D eigenvalue weighted by molar-refractivity contribution is 1.07. The highest BCUT2D eigenvalue weighted by Gasteiger charge is 2.18. The maximum Gasteiger partial charge on any atom is 0.164 e. The van der Waals surface area contributed by atoms with Gasteiger partial charge in [0.25, 0.3) is 0 Å².